The van der Waals surface area contributed by atoms with E-state index in [1.807, 2.05) is 0 Å². The van der Waals surface area contributed by atoms with Gasteiger partial charge in [-0.3, -0.25) is 4.79 Å². The molecule has 0 spiro atoms. The van der Waals surface area contributed by atoms with Gasteiger partial charge in [-0.25, -0.2) is 4.39 Å². The molecule has 5 heteroatoms. The summed E-state index contributed by atoms with van der Waals surface area (Å²) in [6.45, 7) is 2.57. The van der Waals surface area contributed by atoms with Gasteiger partial charge in [0.25, 0.3) is 0 Å². The number of primary amides is 1. The first kappa shape index (κ1) is 11.9. The van der Waals surface area contributed by atoms with Crippen molar-refractivity contribution in [2.75, 3.05) is 19.8 Å². The lowest BCUT2D eigenvalue weighted by Crippen LogP contribution is -2.56. The van der Waals surface area contributed by atoms with Gasteiger partial charge in [0.05, 0.1) is 19.8 Å². The summed E-state index contributed by atoms with van der Waals surface area (Å²) in [5.74, 6) is -0.805. The van der Waals surface area contributed by atoms with Crippen LogP contribution in [0.5, 0.6) is 5.75 Å². The highest BCUT2D eigenvalue weighted by atomic mass is 19.1. The summed E-state index contributed by atoms with van der Waals surface area (Å²) in [5.41, 5.74) is 4.99. The summed E-state index contributed by atoms with van der Waals surface area (Å²) in [7, 11) is 0. The third-order valence-corrected chi connectivity index (χ3v) is 2.95. The lowest BCUT2D eigenvalue weighted by molar-refractivity contribution is -0.141. The number of carbonyl (C=O) groups is 1. The van der Waals surface area contributed by atoms with Crippen molar-refractivity contribution in [3.8, 4) is 5.75 Å². The van der Waals surface area contributed by atoms with Crippen LogP contribution in [0.1, 0.15) is 12.5 Å². The van der Waals surface area contributed by atoms with Gasteiger partial charge < -0.3 is 15.2 Å². The molecule has 0 bridgehead atoms. The first-order valence-electron chi connectivity index (χ1n) is 5.40. The molecule has 4 nitrogen and oxygen atoms in total. The van der Waals surface area contributed by atoms with Crippen LogP contribution < -0.4 is 10.5 Å². The maximum Gasteiger partial charge on any atom is 0.232 e. The molecule has 1 fully saturated rings. The number of carbonyl (C=O) groups excluding carboxylic acids is 1. The third kappa shape index (κ3) is 1.86. The number of benzene rings is 1. The Morgan fingerprint density at radius 2 is 2.29 bits per heavy atom. The fourth-order valence-electron chi connectivity index (χ4n) is 1.83. The molecule has 1 heterocycles. The van der Waals surface area contributed by atoms with Crippen LogP contribution in [0.15, 0.2) is 18.2 Å². The molecule has 0 aliphatic carbocycles. The molecule has 2 N–H and O–H groups in total. The van der Waals surface area contributed by atoms with Crippen LogP contribution in [0.4, 0.5) is 4.39 Å². The Morgan fingerprint density at radius 3 is 2.71 bits per heavy atom. The Labute approximate surface area is 98.5 Å². The molecule has 1 aliphatic rings. The summed E-state index contributed by atoms with van der Waals surface area (Å²) in [6.07, 6.45) is 0. The second kappa shape index (κ2) is 4.33. The zero-order valence-corrected chi connectivity index (χ0v) is 9.53. The molecule has 1 aliphatic heterocycles. The molecule has 92 valence electrons. The molecular weight excluding hydrogens is 225 g/mol. The van der Waals surface area contributed by atoms with Crippen LogP contribution in [0.3, 0.4) is 0 Å². The maximum atomic E-state index is 13.7. The van der Waals surface area contributed by atoms with Crippen molar-refractivity contribution in [2.24, 2.45) is 5.73 Å². The topological polar surface area (TPSA) is 61.5 Å². The second-order valence-electron chi connectivity index (χ2n) is 4.02. The fourth-order valence-corrected chi connectivity index (χ4v) is 1.83. The van der Waals surface area contributed by atoms with E-state index in [4.69, 9.17) is 15.2 Å². The summed E-state index contributed by atoms with van der Waals surface area (Å²) < 4.78 is 23.8. The van der Waals surface area contributed by atoms with Crippen molar-refractivity contribution < 1.29 is 18.7 Å². The number of amides is 1. The van der Waals surface area contributed by atoms with Crippen molar-refractivity contribution in [3.05, 3.63) is 29.6 Å². The zero-order chi connectivity index (χ0) is 12.5. The molecule has 1 amide bonds. The summed E-state index contributed by atoms with van der Waals surface area (Å²) >= 11 is 0. The summed E-state index contributed by atoms with van der Waals surface area (Å²) in [4.78, 5) is 11.4. The van der Waals surface area contributed by atoms with E-state index in [9.17, 15) is 9.18 Å². The van der Waals surface area contributed by atoms with Gasteiger partial charge in [0, 0.05) is 0 Å². The standard InChI is InChI=1S/C12H14FNO3/c1-2-17-10-4-3-8(5-9(10)13)12(11(14)15)6-16-7-12/h3-5H,2,6-7H2,1H3,(H2,14,15). The normalized spacial score (nSPS) is 17.3. The van der Waals surface area contributed by atoms with Crippen LogP contribution in [0, 0.1) is 5.82 Å². The van der Waals surface area contributed by atoms with E-state index in [2.05, 4.69) is 0 Å². The molecule has 1 aromatic rings. The average Bonchev–Trinajstić information content (AvgIpc) is 2.20. The summed E-state index contributed by atoms with van der Waals surface area (Å²) in [5, 5.41) is 0. The van der Waals surface area contributed by atoms with Crippen molar-refractivity contribution in [2.45, 2.75) is 12.3 Å². The van der Waals surface area contributed by atoms with E-state index in [0.717, 1.165) is 0 Å². The first-order valence-corrected chi connectivity index (χ1v) is 5.40. The van der Waals surface area contributed by atoms with Crippen LogP contribution in [-0.4, -0.2) is 25.7 Å². The predicted molar refractivity (Wildman–Crippen MR) is 59.3 cm³/mol. The van der Waals surface area contributed by atoms with E-state index >= 15 is 0 Å². The maximum absolute atomic E-state index is 13.7. The molecule has 1 saturated heterocycles. The molecule has 17 heavy (non-hydrogen) atoms. The minimum Gasteiger partial charge on any atom is -0.491 e. The smallest absolute Gasteiger partial charge is 0.232 e. The summed E-state index contributed by atoms with van der Waals surface area (Å²) in [6, 6.07) is 4.46. The Balaban J connectivity index is 2.34. The lowest BCUT2D eigenvalue weighted by Gasteiger charge is -2.38. The number of halogens is 1. The highest BCUT2D eigenvalue weighted by Crippen LogP contribution is 2.34. The monoisotopic (exact) mass is 239 g/mol. The quantitative estimate of drug-likeness (QED) is 0.851. The van der Waals surface area contributed by atoms with Gasteiger partial charge in [-0.1, -0.05) is 6.07 Å². The number of hydrogen-bond acceptors (Lipinski definition) is 3. The van der Waals surface area contributed by atoms with Crippen molar-refractivity contribution in [1.82, 2.24) is 0 Å². The number of hydrogen-bond donors (Lipinski definition) is 1. The molecule has 0 aromatic heterocycles. The number of ether oxygens (including phenoxy) is 2. The van der Waals surface area contributed by atoms with Crippen molar-refractivity contribution in [1.29, 1.82) is 0 Å². The molecule has 0 saturated carbocycles. The van der Waals surface area contributed by atoms with Crippen LogP contribution in [0.25, 0.3) is 0 Å². The van der Waals surface area contributed by atoms with E-state index in [1.165, 1.54) is 12.1 Å². The number of rotatable bonds is 4. The van der Waals surface area contributed by atoms with Crippen molar-refractivity contribution in [3.63, 3.8) is 0 Å². The highest BCUT2D eigenvalue weighted by Gasteiger charge is 2.46. The van der Waals surface area contributed by atoms with Gasteiger partial charge in [0.2, 0.25) is 5.91 Å². The number of nitrogens with two attached hydrogens (primary N) is 1. The van der Waals surface area contributed by atoms with Gasteiger partial charge in [0.15, 0.2) is 11.6 Å². The van der Waals surface area contributed by atoms with Gasteiger partial charge in [-0.2, -0.15) is 0 Å². The third-order valence-electron chi connectivity index (χ3n) is 2.95. The first-order chi connectivity index (χ1) is 8.10. The van der Waals surface area contributed by atoms with E-state index in [0.29, 0.717) is 12.2 Å². The van der Waals surface area contributed by atoms with Crippen LogP contribution in [0.2, 0.25) is 0 Å². The van der Waals surface area contributed by atoms with Gasteiger partial charge >= 0.3 is 0 Å². The Hall–Kier alpha value is -1.62. The molecule has 0 radical (unpaired) electrons. The average molecular weight is 239 g/mol. The molecule has 0 atom stereocenters. The predicted octanol–water partition coefficient (Wildman–Crippen LogP) is 0.978. The molecule has 2 rings (SSSR count). The fraction of sp³-hybridized carbons (Fsp3) is 0.417. The van der Waals surface area contributed by atoms with Crippen molar-refractivity contribution >= 4 is 5.91 Å². The van der Waals surface area contributed by atoms with Crippen LogP contribution in [-0.2, 0) is 14.9 Å². The zero-order valence-electron chi connectivity index (χ0n) is 9.53. The minimum absolute atomic E-state index is 0.177. The lowest BCUT2D eigenvalue weighted by atomic mass is 9.78. The Kier molecular flexibility index (Phi) is 3.02. The second-order valence-corrected chi connectivity index (χ2v) is 4.02. The minimum atomic E-state index is -0.883. The van der Waals surface area contributed by atoms with Crippen LogP contribution >= 0.6 is 0 Å². The van der Waals surface area contributed by atoms with Gasteiger partial charge in [0.1, 0.15) is 5.41 Å². The Morgan fingerprint density at radius 1 is 1.59 bits per heavy atom. The van der Waals surface area contributed by atoms with Gasteiger partial charge in [-0.05, 0) is 24.6 Å². The SMILES string of the molecule is CCOc1ccc(C2(C(N)=O)COC2)cc1F. The molecule has 1 aromatic carbocycles. The van der Waals surface area contributed by atoms with Gasteiger partial charge in [-0.15, -0.1) is 0 Å². The Bertz CT molecular complexity index is 443. The van der Waals surface area contributed by atoms with E-state index in [-0.39, 0.29) is 19.0 Å². The largest absolute Gasteiger partial charge is 0.491 e. The highest BCUT2D eigenvalue weighted by molar-refractivity contribution is 5.88. The van der Waals surface area contributed by atoms with E-state index in [1.54, 1.807) is 13.0 Å². The molecule has 0 unspecified atom stereocenters. The van der Waals surface area contributed by atoms with E-state index < -0.39 is 17.1 Å². The molecular formula is C12H14FNO3.